The summed E-state index contributed by atoms with van der Waals surface area (Å²) in [4.78, 5) is 12.5. The third-order valence-electron chi connectivity index (χ3n) is 4.13. The van der Waals surface area contributed by atoms with Crippen molar-refractivity contribution < 1.29 is 13.6 Å². The van der Waals surface area contributed by atoms with Gasteiger partial charge in [-0.1, -0.05) is 26.0 Å². The van der Waals surface area contributed by atoms with E-state index in [4.69, 9.17) is 4.42 Å². The molecule has 3 aromatic rings. The van der Waals surface area contributed by atoms with E-state index in [1.54, 1.807) is 25.1 Å². The van der Waals surface area contributed by atoms with Crippen molar-refractivity contribution in [2.45, 2.75) is 26.7 Å². The third kappa shape index (κ3) is 3.79. The Morgan fingerprint density at radius 1 is 1.04 bits per heavy atom. The highest BCUT2D eigenvalue weighted by Crippen LogP contribution is 2.26. The van der Waals surface area contributed by atoms with Gasteiger partial charge in [-0.15, -0.1) is 0 Å². The molecule has 0 unspecified atom stereocenters. The Hall–Kier alpha value is -2.88. The number of halogens is 1. The van der Waals surface area contributed by atoms with Crippen molar-refractivity contribution in [3.63, 3.8) is 0 Å². The topological polar surface area (TPSA) is 42.2 Å². The summed E-state index contributed by atoms with van der Waals surface area (Å²) in [5.41, 5.74) is 3.14. The Morgan fingerprint density at radius 3 is 2.28 bits per heavy atom. The predicted octanol–water partition coefficient (Wildman–Crippen LogP) is 5.77. The summed E-state index contributed by atoms with van der Waals surface area (Å²) in [6.45, 7) is 5.99. The van der Waals surface area contributed by atoms with Crippen LogP contribution in [0.25, 0.3) is 11.3 Å². The van der Waals surface area contributed by atoms with Gasteiger partial charge < -0.3 is 9.73 Å². The number of carbonyl (C=O) groups excluding carboxylic acids is 1. The molecule has 2 aromatic carbocycles. The molecule has 4 heteroatoms. The quantitative estimate of drug-likeness (QED) is 0.656. The van der Waals surface area contributed by atoms with Crippen LogP contribution in [0, 0.1) is 12.7 Å². The second-order valence-electron chi connectivity index (χ2n) is 6.32. The number of hydrogen-bond donors (Lipinski definition) is 1. The summed E-state index contributed by atoms with van der Waals surface area (Å²) in [7, 11) is 0. The van der Waals surface area contributed by atoms with E-state index in [-0.39, 0.29) is 11.7 Å². The van der Waals surface area contributed by atoms with Crippen molar-refractivity contribution in [1.82, 2.24) is 0 Å². The van der Waals surface area contributed by atoms with Gasteiger partial charge >= 0.3 is 0 Å². The average molecular weight is 337 g/mol. The molecule has 0 aliphatic rings. The molecule has 0 saturated heterocycles. The van der Waals surface area contributed by atoms with E-state index in [0.29, 0.717) is 23.0 Å². The van der Waals surface area contributed by atoms with Crippen LogP contribution in [0.1, 0.15) is 41.4 Å². The van der Waals surface area contributed by atoms with Crippen LogP contribution in [0.3, 0.4) is 0 Å². The molecule has 128 valence electrons. The SMILES string of the molecule is Cc1oc(-c2ccc(F)cc2)cc1C(=O)Nc1ccc(C(C)C)cc1. The van der Waals surface area contributed by atoms with Gasteiger partial charge in [0.2, 0.25) is 0 Å². The summed E-state index contributed by atoms with van der Waals surface area (Å²) in [6, 6.07) is 15.5. The first kappa shape index (κ1) is 17.0. The Bertz CT molecular complexity index is 877. The molecule has 3 nitrogen and oxygen atoms in total. The summed E-state index contributed by atoms with van der Waals surface area (Å²) >= 11 is 0. The average Bonchev–Trinajstić information content (AvgIpc) is 2.98. The molecule has 1 aromatic heterocycles. The van der Waals surface area contributed by atoms with Crippen LogP contribution in [0.5, 0.6) is 0 Å². The van der Waals surface area contributed by atoms with Crippen molar-refractivity contribution in [3.8, 4) is 11.3 Å². The van der Waals surface area contributed by atoms with Gasteiger partial charge in [-0.25, -0.2) is 4.39 Å². The van der Waals surface area contributed by atoms with Gasteiger partial charge in [0, 0.05) is 11.3 Å². The predicted molar refractivity (Wildman–Crippen MR) is 97.3 cm³/mol. The first-order valence-electron chi connectivity index (χ1n) is 8.21. The van der Waals surface area contributed by atoms with Crippen molar-refractivity contribution in [3.05, 3.63) is 77.3 Å². The number of anilines is 1. The fourth-order valence-electron chi connectivity index (χ4n) is 2.61. The molecule has 0 fully saturated rings. The fraction of sp³-hybridized carbons (Fsp3) is 0.190. The van der Waals surface area contributed by atoms with E-state index < -0.39 is 0 Å². The van der Waals surface area contributed by atoms with Gasteiger partial charge in [0.25, 0.3) is 5.91 Å². The van der Waals surface area contributed by atoms with Crippen molar-refractivity contribution in [1.29, 1.82) is 0 Å². The molecule has 1 heterocycles. The van der Waals surface area contributed by atoms with Crippen LogP contribution in [0.15, 0.2) is 59.0 Å². The standard InChI is InChI=1S/C21H20FNO2/c1-13(2)15-6-10-18(11-7-15)23-21(24)19-12-20(25-14(19)3)16-4-8-17(22)9-5-16/h4-13H,1-3H3,(H,23,24). The first-order valence-corrected chi connectivity index (χ1v) is 8.21. The molecule has 0 aliphatic carbocycles. The number of hydrogen-bond acceptors (Lipinski definition) is 2. The lowest BCUT2D eigenvalue weighted by atomic mass is 10.0. The van der Waals surface area contributed by atoms with Gasteiger partial charge in [-0.05, 0) is 60.9 Å². The number of furan rings is 1. The van der Waals surface area contributed by atoms with Gasteiger partial charge in [0.15, 0.2) is 0 Å². The largest absolute Gasteiger partial charge is 0.461 e. The van der Waals surface area contributed by atoms with Crippen molar-refractivity contribution in [2.24, 2.45) is 0 Å². The second kappa shape index (κ2) is 6.93. The lowest BCUT2D eigenvalue weighted by Gasteiger charge is -2.08. The summed E-state index contributed by atoms with van der Waals surface area (Å²) < 4.78 is 18.7. The van der Waals surface area contributed by atoms with Crippen molar-refractivity contribution >= 4 is 11.6 Å². The van der Waals surface area contributed by atoms with Crippen LogP contribution >= 0.6 is 0 Å². The van der Waals surface area contributed by atoms with Crippen LogP contribution in [-0.2, 0) is 0 Å². The van der Waals surface area contributed by atoms with Gasteiger partial charge in [-0.2, -0.15) is 0 Å². The zero-order valence-corrected chi connectivity index (χ0v) is 14.5. The van der Waals surface area contributed by atoms with Crippen LogP contribution in [0.4, 0.5) is 10.1 Å². The number of amides is 1. The lowest BCUT2D eigenvalue weighted by Crippen LogP contribution is -2.12. The molecule has 0 radical (unpaired) electrons. The highest BCUT2D eigenvalue weighted by molar-refractivity contribution is 6.05. The minimum Gasteiger partial charge on any atom is -0.461 e. The number of carbonyl (C=O) groups is 1. The maximum absolute atomic E-state index is 13.0. The van der Waals surface area contributed by atoms with E-state index in [9.17, 15) is 9.18 Å². The highest BCUT2D eigenvalue weighted by Gasteiger charge is 2.16. The zero-order valence-electron chi connectivity index (χ0n) is 14.5. The van der Waals surface area contributed by atoms with Crippen molar-refractivity contribution in [2.75, 3.05) is 5.32 Å². The number of rotatable bonds is 4. The number of benzene rings is 2. The van der Waals surface area contributed by atoms with E-state index >= 15 is 0 Å². The first-order chi connectivity index (χ1) is 11.9. The van der Waals surface area contributed by atoms with E-state index in [2.05, 4.69) is 19.2 Å². The normalized spacial score (nSPS) is 10.9. The van der Waals surface area contributed by atoms with Crippen LogP contribution in [-0.4, -0.2) is 5.91 Å². The molecule has 1 N–H and O–H groups in total. The Morgan fingerprint density at radius 2 is 1.68 bits per heavy atom. The second-order valence-corrected chi connectivity index (χ2v) is 6.32. The summed E-state index contributed by atoms with van der Waals surface area (Å²) in [6.07, 6.45) is 0. The molecule has 3 rings (SSSR count). The molecule has 1 amide bonds. The summed E-state index contributed by atoms with van der Waals surface area (Å²) in [5.74, 6) is 0.967. The molecule has 0 saturated carbocycles. The maximum atomic E-state index is 13.0. The zero-order chi connectivity index (χ0) is 18.0. The van der Waals surface area contributed by atoms with E-state index in [0.717, 1.165) is 11.3 Å². The molecule has 25 heavy (non-hydrogen) atoms. The Kier molecular flexibility index (Phi) is 4.70. The molecular weight excluding hydrogens is 317 g/mol. The third-order valence-corrected chi connectivity index (χ3v) is 4.13. The lowest BCUT2D eigenvalue weighted by molar-refractivity contribution is 0.102. The maximum Gasteiger partial charge on any atom is 0.259 e. The molecule has 0 spiro atoms. The number of aryl methyl sites for hydroxylation is 1. The minimum absolute atomic E-state index is 0.230. The van der Waals surface area contributed by atoms with Gasteiger partial charge in [0.05, 0.1) is 5.56 Å². The van der Waals surface area contributed by atoms with E-state index in [1.165, 1.54) is 17.7 Å². The van der Waals surface area contributed by atoms with Crippen LogP contribution < -0.4 is 5.32 Å². The molecule has 0 aliphatic heterocycles. The van der Waals surface area contributed by atoms with Gasteiger partial charge in [-0.3, -0.25) is 4.79 Å². The number of nitrogens with one attached hydrogen (secondary N) is 1. The fourth-order valence-corrected chi connectivity index (χ4v) is 2.61. The monoisotopic (exact) mass is 337 g/mol. The Balaban J connectivity index is 1.79. The van der Waals surface area contributed by atoms with Crippen LogP contribution in [0.2, 0.25) is 0 Å². The summed E-state index contributed by atoms with van der Waals surface area (Å²) in [5, 5.41) is 2.88. The Labute approximate surface area is 146 Å². The smallest absolute Gasteiger partial charge is 0.259 e. The highest BCUT2D eigenvalue weighted by atomic mass is 19.1. The molecule has 0 atom stereocenters. The minimum atomic E-state index is -0.310. The molecule has 0 bridgehead atoms. The van der Waals surface area contributed by atoms with E-state index in [1.807, 2.05) is 24.3 Å². The van der Waals surface area contributed by atoms with Gasteiger partial charge in [0.1, 0.15) is 17.3 Å². The molecular formula is C21H20FNO2.